The summed E-state index contributed by atoms with van der Waals surface area (Å²) in [7, 11) is 0. The first-order valence-electron chi connectivity index (χ1n) is 6.98. The molecule has 2 rings (SSSR count). The Morgan fingerprint density at radius 1 is 1.37 bits per heavy atom. The minimum absolute atomic E-state index is 0.287. The Balaban J connectivity index is 1.83. The molecule has 5 heteroatoms. The van der Waals surface area contributed by atoms with Crippen molar-refractivity contribution in [3.63, 3.8) is 0 Å². The van der Waals surface area contributed by atoms with Crippen LogP contribution in [-0.2, 0) is 11.2 Å². The van der Waals surface area contributed by atoms with Crippen LogP contribution in [0.5, 0.6) is 0 Å². The summed E-state index contributed by atoms with van der Waals surface area (Å²) in [5.74, 6) is 0.785. The van der Waals surface area contributed by atoms with Crippen LogP contribution in [0, 0.1) is 5.92 Å². The molecule has 0 bridgehead atoms. The fourth-order valence-electron chi connectivity index (χ4n) is 2.49. The van der Waals surface area contributed by atoms with Crippen molar-refractivity contribution in [3.8, 4) is 0 Å². The van der Waals surface area contributed by atoms with Crippen molar-refractivity contribution >= 4 is 11.8 Å². The van der Waals surface area contributed by atoms with Crippen LogP contribution in [0.25, 0.3) is 0 Å². The average molecular weight is 263 g/mol. The number of nitrogens with zero attached hydrogens (tertiary/aromatic N) is 3. The molecule has 104 valence electrons. The molecule has 0 spiro atoms. The lowest BCUT2D eigenvalue weighted by Crippen LogP contribution is -2.34. The molecule has 0 aliphatic carbocycles. The molecule has 0 radical (unpaired) electrons. The minimum atomic E-state index is -0.691. The molecule has 0 aromatic carbocycles. The molecule has 0 unspecified atom stereocenters. The Bertz CT molecular complexity index is 411. The van der Waals surface area contributed by atoms with Crippen molar-refractivity contribution in [2.24, 2.45) is 5.92 Å². The number of aliphatic carboxylic acids is 1. The van der Waals surface area contributed by atoms with Crippen LogP contribution < -0.4 is 4.90 Å². The average Bonchev–Trinajstić information content (AvgIpc) is 2.46. The zero-order chi connectivity index (χ0) is 13.7. The number of piperidine rings is 1. The first kappa shape index (κ1) is 13.8. The lowest BCUT2D eigenvalue weighted by Gasteiger charge is -2.32. The van der Waals surface area contributed by atoms with Gasteiger partial charge >= 0.3 is 5.97 Å². The van der Waals surface area contributed by atoms with E-state index in [0.717, 1.165) is 50.3 Å². The number of carbonyl (C=O) groups is 1. The van der Waals surface area contributed by atoms with Gasteiger partial charge < -0.3 is 10.0 Å². The highest BCUT2D eigenvalue weighted by molar-refractivity contribution is 5.66. The van der Waals surface area contributed by atoms with Gasteiger partial charge in [-0.05, 0) is 43.7 Å². The van der Waals surface area contributed by atoms with E-state index in [0.29, 0.717) is 5.92 Å². The van der Waals surface area contributed by atoms with Gasteiger partial charge in [-0.2, -0.15) is 5.10 Å². The molecule has 1 fully saturated rings. The van der Waals surface area contributed by atoms with Crippen LogP contribution in [0.2, 0.25) is 0 Å². The molecule has 0 saturated carbocycles. The van der Waals surface area contributed by atoms with Crippen LogP contribution in [-0.4, -0.2) is 34.4 Å². The molecule has 1 aliphatic heterocycles. The summed E-state index contributed by atoms with van der Waals surface area (Å²) in [5, 5.41) is 17.1. The van der Waals surface area contributed by atoms with Crippen molar-refractivity contribution in [2.75, 3.05) is 18.0 Å². The largest absolute Gasteiger partial charge is 0.481 e. The molecule has 19 heavy (non-hydrogen) atoms. The predicted octanol–water partition coefficient (Wildman–Crippen LogP) is 2.12. The molecule has 2 heterocycles. The van der Waals surface area contributed by atoms with Gasteiger partial charge in [0.2, 0.25) is 0 Å². The Morgan fingerprint density at radius 3 is 2.63 bits per heavy atom. The van der Waals surface area contributed by atoms with Gasteiger partial charge in [0.15, 0.2) is 5.82 Å². The van der Waals surface area contributed by atoms with Gasteiger partial charge in [-0.3, -0.25) is 4.79 Å². The highest BCUT2D eigenvalue weighted by atomic mass is 16.4. The number of carboxylic acids is 1. The molecular weight excluding hydrogens is 242 g/mol. The van der Waals surface area contributed by atoms with Crippen LogP contribution in [0.4, 0.5) is 5.82 Å². The second-order valence-electron chi connectivity index (χ2n) is 5.10. The third kappa shape index (κ3) is 3.91. The first-order valence-corrected chi connectivity index (χ1v) is 6.98. The number of aromatic nitrogens is 2. The molecule has 5 nitrogen and oxygen atoms in total. The van der Waals surface area contributed by atoms with Gasteiger partial charge in [0.1, 0.15) is 0 Å². The second kappa shape index (κ2) is 6.50. The maximum Gasteiger partial charge on any atom is 0.303 e. The summed E-state index contributed by atoms with van der Waals surface area (Å²) >= 11 is 0. The number of rotatable bonds is 5. The summed E-state index contributed by atoms with van der Waals surface area (Å²) < 4.78 is 0. The van der Waals surface area contributed by atoms with Gasteiger partial charge in [0.05, 0.1) is 5.69 Å². The Morgan fingerprint density at radius 2 is 2.11 bits per heavy atom. The van der Waals surface area contributed by atoms with Gasteiger partial charge in [0.25, 0.3) is 0 Å². The van der Waals surface area contributed by atoms with Crippen LogP contribution >= 0.6 is 0 Å². The summed E-state index contributed by atoms with van der Waals surface area (Å²) in [5.41, 5.74) is 1.01. The predicted molar refractivity (Wildman–Crippen MR) is 73.2 cm³/mol. The van der Waals surface area contributed by atoms with E-state index in [1.165, 1.54) is 0 Å². The molecule has 1 aromatic heterocycles. The van der Waals surface area contributed by atoms with Crippen molar-refractivity contribution in [1.29, 1.82) is 0 Å². The highest BCUT2D eigenvalue weighted by Crippen LogP contribution is 2.24. The zero-order valence-electron chi connectivity index (χ0n) is 11.4. The van der Waals surface area contributed by atoms with Gasteiger partial charge in [-0.25, -0.2) is 0 Å². The summed E-state index contributed by atoms with van der Waals surface area (Å²) in [6.07, 6.45) is 4.08. The quantitative estimate of drug-likeness (QED) is 0.881. The fraction of sp³-hybridized carbons (Fsp3) is 0.643. The Labute approximate surface area is 113 Å². The van der Waals surface area contributed by atoms with E-state index >= 15 is 0 Å². The smallest absolute Gasteiger partial charge is 0.303 e. The standard InChI is InChI=1S/C14H21N3O2/c1-2-12-4-5-13(16-15-12)17-9-7-11(8-10-17)3-6-14(18)19/h4-5,11H,2-3,6-10H2,1H3,(H,18,19). The number of hydrogen-bond acceptors (Lipinski definition) is 4. The van der Waals surface area contributed by atoms with Crippen LogP contribution in [0.15, 0.2) is 12.1 Å². The van der Waals surface area contributed by atoms with Gasteiger partial charge in [-0.1, -0.05) is 6.92 Å². The number of aryl methyl sites for hydroxylation is 1. The maximum absolute atomic E-state index is 10.6. The number of anilines is 1. The maximum atomic E-state index is 10.6. The molecule has 1 saturated heterocycles. The third-order valence-corrected chi connectivity index (χ3v) is 3.77. The first-order chi connectivity index (χ1) is 9.19. The van der Waals surface area contributed by atoms with Crippen molar-refractivity contribution in [2.45, 2.75) is 39.0 Å². The Kier molecular flexibility index (Phi) is 4.71. The van der Waals surface area contributed by atoms with Crippen LogP contribution in [0.3, 0.4) is 0 Å². The second-order valence-corrected chi connectivity index (χ2v) is 5.10. The lowest BCUT2D eigenvalue weighted by molar-refractivity contribution is -0.137. The number of carboxylic acid groups (broad SMARTS) is 1. The van der Waals surface area contributed by atoms with Gasteiger partial charge in [0, 0.05) is 19.5 Å². The summed E-state index contributed by atoms with van der Waals surface area (Å²) in [6.45, 7) is 3.96. The molecule has 1 N–H and O–H groups in total. The molecule has 0 amide bonds. The molecular formula is C14H21N3O2. The SMILES string of the molecule is CCc1ccc(N2CCC(CCC(=O)O)CC2)nn1. The van der Waals surface area contributed by atoms with Crippen molar-refractivity contribution in [3.05, 3.63) is 17.8 Å². The monoisotopic (exact) mass is 263 g/mol. The van der Waals surface area contributed by atoms with E-state index in [-0.39, 0.29) is 6.42 Å². The number of hydrogen-bond donors (Lipinski definition) is 1. The van der Waals surface area contributed by atoms with Gasteiger partial charge in [-0.15, -0.1) is 5.10 Å². The topological polar surface area (TPSA) is 66.3 Å². The van der Waals surface area contributed by atoms with E-state index in [1.807, 2.05) is 12.1 Å². The van der Waals surface area contributed by atoms with E-state index in [1.54, 1.807) is 0 Å². The van der Waals surface area contributed by atoms with E-state index in [9.17, 15) is 4.79 Å². The van der Waals surface area contributed by atoms with Crippen molar-refractivity contribution < 1.29 is 9.90 Å². The third-order valence-electron chi connectivity index (χ3n) is 3.77. The highest BCUT2D eigenvalue weighted by Gasteiger charge is 2.20. The Hall–Kier alpha value is -1.65. The normalized spacial score (nSPS) is 16.6. The fourth-order valence-corrected chi connectivity index (χ4v) is 2.49. The summed E-state index contributed by atoms with van der Waals surface area (Å²) in [4.78, 5) is 12.8. The zero-order valence-corrected chi connectivity index (χ0v) is 11.4. The van der Waals surface area contributed by atoms with E-state index in [2.05, 4.69) is 22.0 Å². The van der Waals surface area contributed by atoms with Crippen LogP contribution in [0.1, 0.15) is 38.3 Å². The molecule has 0 atom stereocenters. The van der Waals surface area contributed by atoms with E-state index in [4.69, 9.17) is 5.11 Å². The molecule has 1 aliphatic rings. The minimum Gasteiger partial charge on any atom is -0.481 e. The lowest BCUT2D eigenvalue weighted by atomic mass is 9.92. The van der Waals surface area contributed by atoms with E-state index < -0.39 is 5.97 Å². The molecule has 1 aromatic rings. The van der Waals surface area contributed by atoms with Crippen molar-refractivity contribution in [1.82, 2.24) is 10.2 Å². The summed E-state index contributed by atoms with van der Waals surface area (Å²) in [6, 6.07) is 4.06.